The van der Waals surface area contributed by atoms with E-state index in [1.165, 1.54) is 37.3 Å². The first-order valence-corrected chi connectivity index (χ1v) is 13.2. The van der Waals surface area contributed by atoms with Crippen LogP contribution in [-0.4, -0.2) is 63.1 Å². The molecule has 1 aliphatic heterocycles. The highest BCUT2D eigenvalue weighted by Gasteiger charge is 2.35. The van der Waals surface area contributed by atoms with E-state index in [1.54, 1.807) is 0 Å². The second-order valence-electron chi connectivity index (χ2n) is 8.85. The average Bonchev–Trinajstić information content (AvgIpc) is 3.25. The zero-order valence-corrected chi connectivity index (χ0v) is 21.4. The SMILES string of the molecule is CCS(=O)(=O)c1ccc(Cl)cc1CNC(=O)c1ccc(CN2CC[C@H](N(C)C)C2)c(C(F)(F)F)c1. The first-order valence-electron chi connectivity index (χ1n) is 11.2. The summed E-state index contributed by atoms with van der Waals surface area (Å²) in [6, 6.07) is 8.07. The van der Waals surface area contributed by atoms with Crippen molar-refractivity contribution in [2.45, 2.75) is 43.5 Å². The lowest BCUT2D eigenvalue weighted by molar-refractivity contribution is -0.138. The highest BCUT2D eigenvalue weighted by atomic mass is 35.5. The van der Waals surface area contributed by atoms with E-state index in [4.69, 9.17) is 11.6 Å². The van der Waals surface area contributed by atoms with Crippen molar-refractivity contribution in [1.29, 1.82) is 0 Å². The number of hydrogen-bond acceptors (Lipinski definition) is 5. The summed E-state index contributed by atoms with van der Waals surface area (Å²) in [6.07, 6.45) is -3.74. The van der Waals surface area contributed by atoms with Gasteiger partial charge in [0.2, 0.25) is 0 Å². The monoisotopic (exact) mass is 531 g/mol. The Balaban J connectivity index is 1.80. The Morgan fingerprint density at radius 2 is 1.89 bits per heavy atom. The third-order valence-corrected chi connectivity index (χ3v) is 8.29. The van der Waals surface area contributed by atoms with Crippen LogP contribution in [0, 0.1) is 0 Å². The van der Waals surface area contributed by atoms with Gasteiger partial charge in [-0.05, 0) is 62.0 Å². The molecule has 6 nitrogen and oxygen atoms in total. The van der Waals surface area contributed by atoms with Gasteiger partial charge in [0.1, 0.15) is 0 Å². The fourth-order valence-corrected chi connectivity index (χ4v) is 5.47. The number of sulfone groups is 1. The highest BCUT2D eigenvalue weighted by molar-refractivity contribution is 7.91. The van der Waals surface area contributed by atoms with E-state index >= 15 is 0 Å². The van der Waals surface area contributed by atoms with Crippen LogP contribution >= 0.6 is 11.6 Å². The summed E-state index contributed by atoms with van der Waals surface area (Å²) in [5.74, 6) is -0.881. The van der Waals surface area contributed by atoms with E-state index in [9.17, 15) is 26.4 Å². The van der Waals surface area contributed by atoms with Crippen LogP contribution in [-0.2, 0) is 29.1 Å². The Labute approximate surface area is 209 Å². The number of carbonyl (C=O) groups is 1. The molecule has 1 saturated heterocycles. The van der Waals surface area contributed by atoms with Gasteiger partial charge in [-0.15, -0.1) is 0 Å². The molecule has 1 amide bonds. The lowest BCUT2D eigenvalue weighted by atomic mass is 10.0. The molecule has 1 aliphatic rings. The Morgan fingerprint density at radius 1 is 1.17 bits per heavy atom. The van der Waals surface area contributed by atoms with Crippen LogP contribution in [0.3, 0.4) is 0 Å². The molecule has 192 valence electrons. The number of halogens is 4. The fraction of sp³-hybridized carbons (Fsp3) is 0.458. The normalized spacial score (nSPS) is 17.2. The van der Waals surface area contributed by atoms with Crippen LogP contribution in [0.1, 0.15) is 40.4 Å². The third kappa shape index (κ3) is 6.75. The molecule has 2 aromatic rings. The molecule has 11 heteroatoms. The number of rotatable bonds is 8. The van der Waals surface area contributed by atoms with Crippen LogP contribution in [0.2, 0.25) is 5.02 Å². The summed E-state index contributed by atoms with van der Waals surface area (Å²) < 4.78 is 66.3. The Morgan fingerprint density at radius 3 is 2.49 bits per heavy atom. The fourth-order valence-electron chi connectivity index (χ4n) is 4.16. The quantitative estimate of drug-likeness (QED) is 0.552. The number of carbonyl (C=O) groups excluding carboxylic acids is 1. The molecule has 0 radical (unpaired) electrons. The van der Waals surface area contributed by atoms with Crippen molar-refractivity contribution >= 4 is 27.3 Å². The van der Waals surface area contributed by atoms with Crippen LogP contribution in [0.4, 0.5) is 13.2 Å². The minimum absolute atomic E-state index is 0.0256. The minimum atomic E-state index is -4.62. The van der Waals surface area contributed by atoms with E-state index < -0.39 is 27.5 Å². The summed E-state index contributed by atoms with van der Waals surface area (Å²) in [5, 5.41) is 2.81. The molecule has 1 heterocycles. The summed E-state index contributed by atoms with van der Waals surface area (Å²) >= 11 is 5.99. The lowest BCUT2D eigenvalue weighted by Gasteiger charge is -2.22. The zero-order chi connectivity index (χ0) is 26.0. The van der Waals surface area contributed by atoms with Gasteiger partial charge in [0.15, 0.2) is 9.84 Å². The van der Waals surface area contributed by atoms with Crippen LogP contribution in [0.25, 0.3) is 0 Å². The van der Waals surface area contributed by atoms with E-state index in [0.29, 0.717) is 19.1 Å². The smallest absolute Gasteiger partial charge is 0.348 e. The second kappa shape index (κ2) is 10.9. The van der Waals surface area contributed by atoms with Gasteiger partial charge in [0.25, 0.3) is 5.91 Å². The second-order valence-corrected chi connectivity index (χ2v) is 11.5. The molecule has 1 atom stereocenters. The molecule has 0 unspecified atom stereocenters. The van der Waals surface area contributed by atoms with Gasteiger partial charge in [-0.1, -0.05) is 24.6 Å². The third-order valence-electron chi connectivity index (χ3n) is 6.23. The standard InChI is InChI=1S/C24H29ClF3N3O3S/c1-4-35(33,34)22-8-7-19(25)11-18(22)13-29-23(32)16-5-6-17(21(12-16)24(26,27)28)14-31-10-9-20(15-31)30(2)3/h5-8,11-12,20H,4,9-10,13-15H2,1-3H3,(H,29,32)/t20-/m0/s1. The molecule has 0 aromatic heterocycles. The van der Waals surface area contributed by atoms with E-state index in [1.807, 2.05) is 19.0 Å². The van der Waals surface area contributed by atoms with Crippen molar-refractivity contribution < 1.29 is 26.4 Å². The molecule has 0 aliphatic carbocycles. The van der Waals surface area contributed by atoms with Gasteiger partial charge in [-0.25, -0.2) is 8.42 Å². The molecular weight excluding hydrogens is 503 g/mol. The number of likely N-dealkylation sites (N-methyl/N-ethyl adjacent to an activating group) is 1. The molecule has 1 fully saturated rings. The van der Waals surface area contributed by atoms with Crippen LogP contribution < -0.4 is 5.32 Å². The number of alkyl halides is 3. The van der Waals surface area contributed by atoms with Crippen molar-refractivity contribution in [3.63, 3.8) is 0 Å². The minimum Gasteiger partial charge on any atom is -0.348 e. The van der Waals surface area contributed by atoms with Gasteiger partial charge in [-0.2, -0.15) is 13.2 Å². The molecule has 0 bridgehead atoms. The maximum Gasteiger partial charge on any atom is 0.416 e. The Kier molecular flexibility index (Phi) is 8.52. The number of nitrogens with one attached hydrogen (secondary N) is 1. The number of nitrogens with zero attached hydrogens (tertiary/aromatic N) is 2. The first kappa shape index (κ1) is 27.4. The van der Waals surface area contributed by atoms with Crippen molar-refractivity contribution in [3.05, 3.63) is 63.7 Å². The molecule has 0 spiro atoms. The number of amides is 1. The van der Waals surface area contributed by atoms with Crippen molar-refractivity contribution in [2.75, 3.05) is 32.9 Å². The Hall–Kier alpha value is -2.14. The first-order chi connectivity index (χ1) is 16.3. The molecule has 3 rings (SSSR count). The van der Waals surface area contributed by atoms with Gasteiger partial charge >= 0.3 is 6.18 Å². The topological polar surface area (TPSA) is 69.7 Å². The molecule has 1 N–H and O–H groups in total. The van der Waals surface area contributed by atoms with Crippen molar-refractivity contribution in [3.8, 4) is 0 Å². The number of benzene rings is 2. The van der Waals surface area contributed by atoms with E-state index in [0.717, 1.165) is 12.5 Å². The molecule has 2 aromatic carbocycles. The highest BCUT2D eigenvalue weighted by Crippen LogP contribution is 2.34. The lowest BCUT2D eigenvalue weighted by Crippen LogP contribution is -2.31. The molecule has 35 heavy (non-hydrogen) atoms. The summed E-state index contributed by atoms with van der Waals surface area (Å²) in [4.78, 5) is 16.8. The van der Waals surface area contributed by atoms with Gasteiger partial charge in [-0.3, -0.25) is 9.69 Å². The number of likely N-dealkylation sites (tertiary alicyclic amines) is 1. The van der Waals surface area contributed by atoms with Gasteiger partial charge in [0.05, 0.1) is 16.2 Å². The summed E-state index contributed by atoms with van der Waals surface area (Å²) in [5.41, 5.74) is -0.629. The maximum absolute atomic E-state index is 13.8. The zero-order valence-electron chi connectivity index (χ0n) is 19.8. The molecule has 0 saturated carbocycles. The summed E-state index contributed by atoms with van der Waals surface area (Å²) in [6.45, 7) is 2.81. The average molecular weight is 532 g/mol. The van der Waals surface area contributed by atoms with E-state index in [2.05, 4.69) is 10.2 Å². The summed E-state index contributed by atoms with van der Waals surface area (Å²) in [7, 11) is 0.325. The van der Waals surface area contributed by atoms with Gasteiger partial charge in [0, 0.05) is 42.8 Å². The van der Waals surface area contributed by atoms with Crippen LogP contribution in [0.15, 0.2) is 41.3 Å². The largest absolute Gasteiger partial charge is 0.416 e. The van der Waals surface area contributed by atoms with Crippen LogP contribution in [0.5, 0.6) is 0 Å². The van der Waals surface area contributed by atoms with E-state index in [-0.39, 0.29) is 45.5 Å². The predicted molar refractivity (Wildman–Crippen MR) is 129 cm³/mol. The molecular formula is C24H29ClF3N3O3S. The van der Waals surface area contributed by atoms with Crippen molar-refractivity contribution in [2.24, 2.45) is 0 Å². The van der Waals surface area contributed by atoms with Crippen molar-refractivity contribution in [1.82, 2.24) is 15.1 Å². The number of hydrogen-bond donors (Lipinski definition) is 1. The van der Waals surface area contributed by atoms with Gasteiger partial charge < -0.3 is 10.2 Å². The Bertz CT molecular complexity index is 1190. The predicted octanol–water partition coefficient (Wildman–Crippen LogP) is 4.22. The maximum atomic E-state index is 13.8.